The van der Waals surface area contributed by atoms with Crippen LogP contribution in [0.3, 0.4) is 0 Å². The summed E-state index contributed by atoms with van der Waals surface area (Å²) in [5.41, 5.74) is 0.113. The van der Waals surface area contributed by atoms with Gasteiger partial charge in [0.15, 0.2) is 11.6 Å². The molecule has 0 unspecified atom stereocenters. The summed E-state index contributed by atoms with van der Waals surface area (Å²) in [4.78, 5) is 17.5. The highest BCUT2D eigenvalue weighted by Gasteiger charge is 2.26. The first-order valence-electron chi connectivity index (χ1n) is 13.8. The first kappa shape index (κ1) is 33.2. The van der Waals surface area contributed by atoms with Gasteiger partial charge in [0.25, 0.3) is 15.9 Å². The van der Waals surface area contributed by atoms with Crippen molar-refractivity contribution in [3.63, 3.8) is 0 Å². The zero-order chi connectivity index (χ0) is 31.2. The molecule has 0 aliphatic carbocycles. The van der Waals surface area contributed by atoms with Gasteiger partial charge in [-0.3, -0.25) is 4.72 Å². The van der Waals surface area contributed by atoms with Crippen LogP contribution < -0.4 is 14.2 Å². The predicted octanol–water partition coefficient (Wildman–Crippen LogP) is 5.42. The van der Waals surface area contributed by atoms with E-state index in [-0.39, 0.29) is 77.0 Å². The number of nitrogens with one attached hydrogen (secondary N) is 1. The normalized spacial score (nSPS) is 12.7. The van der Waals surface area contributed by atoms with Crippen LogP contribution in [-0.4, -0.2) is 66.0 Å². The molecule has 0 aliphatic heterocycles. The maximum atomic E-state index is 13.6. The Hall–Kier alpha value is -3.35. The fourth-order valence-corrected chi connectivity index (χ4v) is 4.54. The molecule has 11 nitrogen and oxygen atoms in total. The molecule has 1 N–H and O–H groups in total. The van der Waals surface area contributed by atoms with Gasteiger partial charge in [-0.2, -0.15) is 4.98 Å². The van der Waals surface area contributed by atoms with Crippen molar-refractivity contribution >= 4 is 15.8 Å². The summed E-state index contributed by atoms with van der Waals surface area (Å²) < 4.78 is 53.2. The molecular formula is C30H43N5O6S. The van der Waals surface area contributed by atoms with Crippen molar-refractivity contribution in [2.45, 2.75) is 83.8 Å². The Labute approximate surface area is 249 Å². The Balaban J connectivity index is 2.03. The van der Waals surface area contributed by atoms with Crippen molar-refractivity contribution in [3.05, 3.63) is 48.3 Å². The zero-order valence-corrected chi connectivity index (χ0v) is 26.8. The fraction of sp³-hybridized carbons (Fsp3) is 0.533. The molecule has 2 aromatic heterocycles. The topological polar surface area (TPSA) is 135 Å². The van der Waals surface area contributed by atoms with Crippen LogP contribution in [0.5, 0.6) is 11.6 Å². The molecule has 0 aliphatic rings. The lowest BCUT2D eigenvalue weighted by molar-refractivity contribution is -0.0201. The van der Waals surface area contributed by atoms with Gasteiger partial charge in [0.2, 0.25) is 11.6 Å². The van der Waals surface area contributed by atoms with Crippen molar-refractivity contribution < 1.29 is 27.4 Å². The average Bonchev–Trinajstić information content (AvgIpc) is 2.88. The van der Waals surface area contributed by atoms with Gasteiger partial charge in [-0.15, -0.1) is 0 Å². The lowest BCUT2D eigenvalue weighted by Crippen LogP contribution is -2.24. The summed E-state index contributed by atoms with van der Waals surface area (Å²) in [7, 11) is -4.08. The number of nitrogens with zero attached hydrogens (tertiary/aromatic N) is 4. The third kappa shape index (κ3) is 10.2. The standard InChI is InChI=1S/C30H43N5O6S/c1-28(2,3)21-11-13-22(14-12-21)42(36,37)35-24-23(38-17-19-40-29(4,5)6)27(39-18-20-41-30(7,8)9)34-26(33-24)25-31-15-10-16-32-25/h10-16H,17-20H2,1-9H3,(H,33,34,35). The Kier molecular flexibility index (Phi) is 10.5. The van der Waals surface area contributed by atoms with Gasteiger partial charge in [-0.25, -0.2) is 23.4 Å². The van der Waals surface area contributed by atoms with E-state index in [9.17, 15) is 8.42 Å². The Bertz CT molecular complexity index is 1410. The zero-order valence-electron chi connectivity index (χ0n) is 26.0. The largest absolute Gasteiger partial charge is 0.483 e. The van der Waals surface area contributed by atoms with Crippen LogP contribution in [0.1, 0.15) is 67.9 Å². The third-order valence-corrected chi connectivity index (χ3v) is 6.94. The van der Waals surface area contributed by atoms with Crippen LogP contribution in [0.25, 0.3) is 11.6 Å². The summed E-state index contributed by atoms with van der Waals surface area (Å²) in [6.45, 7) is 18.5. The van der Waals surface area contributed by atoms with E-state index in [4.69, 9.17) is 18.9 Å². The van der Waals surface area contributed by atoms with Gasteiger partial charge >= 0.3 is 0 Å². The van der Waals surface area contributed by atoms with Gasteiger partial charge in [0, 0.05) is 12.4 Å². The summed E-state index contributed by atoms with van der Waals surface area (Å²) in [5, 5.41) is 0. The second-order valence-electron chi connectivity index (χ2n) is 12.6. The van der Waals surface area contributed by atoms with E-state index < -0.39 is 10.0 Å². The monoisotopic (exact) mass is 601 g/mol. The average molecular weight is 602 g/mol. The number of hydrogen-bond acceptors (Lipinski definition) is 10. The summed E-state index contributed by atoms with van der Waals surface area (Å²) in [5.74, 6) is 0.154. The number of ether oxygens (including phenoxy) is 4. The van der Waals surface area contributed by atoms with Gasteiger partial charge in [0.05, 0.1) is 29.3 Å². The van der Waals surface area contributed by atoms with Crippen molar-refractivity contribution in [2.24, 2.45) is 0 Å². The molecule has 0 atom stereocenters. The van der Waals surface area contributed by atoms with Crippen molar-refractivity contribution in [1.29, 1.82) is 0 Å². The molecule has 0 spiro atoms. The quantitative estimate of drug-likeness (QED) is 0.268. The highest BCUT2D eigenvalue weighted by Crippen LogP contribution is 2.36. The van der Waals surface area contributed by atoms with E-state index in [1.165, 1.54) is 12.4 Å². The lowest BCUT2D eigenvalue weighted by atomic mass is 9.87. The maximum absolute atomic E-state index is 13.6. The van der Waals surface area contributed by atoms with E-state index in [1.807, 2.05) is 41.5 Å². The number of anilines is 1. The Morgan fingerprint density at radius 3 is 1.79 bits per heavy atom. The molecule has 0 radical (unpaired) electrons. The summed E-state index contributed by atoms with van der Waals surface area (Å²) >= 11 is 0. The smallest absolute Gasteiger partial charge is 0.263 e. The second-order valence-corrected chi connectivity index (χ2v) is 14.3. The highest BCUT2D eigenvalue weighted by atomic mass is 32.2. The minimum absolute atomic E-state index is 0.0119. The first-order chi connectivity index (χ1) is 19.4. The SMILES string of the molecule is CC(C)(C)OCCOc1nc(-c2ncccn2)nc(NS(=O)(=O)c2ccc(C(C)(C)C)cc2)c1OCCOC(C)(C)C. The van der Waals surface area contributed by atoms with E-state index in [0.29, 0.717) is 0 Å². The minimum atomic E-state index is -4.08. The molecule has 1 aromatic carbocycles. The van der Waals surface area contributed by atoms with E-state index >= 15 is 0 Å². The van der Waals surface area contributed by atoms with Gasteiger partial charge < -0.3 is 18.9 Å². The van der Waals surface area contributed by atoms with E-state index in [0.717, 1.165) is 5.56 Å². The molecular weight excluding hydrogens is 558 g/mol. The molecule has 3 rings (SSSR count). The van der Waals surface area contributed by atoms with Crippen LogP contribution in [0.15, 0.2) is 47.6 Å². The molecule has 2 heterocycles. The summed E-state index contributed by atoms with van der Waals surface area (Å²) in [6.07, 6.45) is 3.08. The van der Waals surface area contributed by atoms with E-state index in [1.54, 1.807) is 30.3 Å². The molecule has 0 fully saturated rings. The lowest BCUT2D eigenvalue weighted by Gasteiger charge is -2.22. The fourth-order valence-electron chi connectivity index (χ4n) is 3.54. The van der Waals surface area contributed by atoms with Gasteiger partial charge in [0.1, 0.15) is 13.2 Å². The maximum Gasteiger partial charge on any atom is 0.263 e. The van der Waals surface area contributed by atoms with Crippen LogP contribution in [0, 0.1) is 0 Å². The van der Waals surface area contributed by atoms with Crippen molar-refractivity contribution in [1.82, 2.24) is 19.9 Å². The first-order valence-corrected chi connectivity index (χ1v) is 15.3. The second kappa shape index (κ2) is 13.3. The van der Waals surface area contributed by atoms with Gasteiger partial charge in [-0.1, -0.05) is 32.9 Å². The molecule has 0 saturated carbocycles. The van der Waals surface area contributed by atoms with Crippen LogP contribution >= 0.6 is 0 Å². The third-order valence-electron chi connectivity index (χ3n) is 5.58. The molecule has 0 amide bonds. The molecule has 3 aromatic rings. The molecule has 230 valence electrons. The minimum Gasteiger partial charge on any atom is -0.483 e. The number of benzene rings is 1. The number of sulfonamides is 1. The molecule has 42 heavy (non-hydrogen) atoms. The predicted molar refractivity (Wildman–Crippen MR) is 161 cm³/mol. The molecule has 0 saturated heterocycles. The van der Waals surface area contributed by atoms with Gasteiger partial charge in [-0.05, 0) is 70.7 Å². The molecule has 0 bridgehead atoms. The number of rotatable bonds is 12. The van der Waals surface area contributed by atoms with E-state index in [2.05, 4.69) is 45.4 Å². The Morgan fingerprint density at radius 1 is 0.714 bits per heavy atom. The van der Waals surface area contributed by atoms with Crippen LogP contribution in [0.4, 0.5) is 5.82 Å². The van der Waals surface area contributed by atoms with Crippen LogP contribution in [0.2, 0.25) is 0 Å². The van der Waals surface area contributed by atoms with Crippen molar-refractivity contribution in [3.8, 4) is 23.3 Å². The molecule has 12 heteroatoms. The Morgan fingerprint density at radius 2 is 1.26 bits per heavy atom. The van der Waals surface area contributed by atoms with Crippen LogP contribution in [-0.2, 0) is 24.9 Å². The number of aromatic nitrogens is 4. The number of hydrogen-bond donors (Lipinski definition) is 1. The summed E-state index contributed by atoms with van der Waals surface area (Å²) in [6, 6.07) is 8.36. The van der Waals surface area contributed by atoms with Crippen molar-refractivity contribution in [2.75, 3.05) is 31.1 Å². The highest BCUT2D eigenvalue weighted by molar-refractivity contribution is 7.92.